The van der Waals surface area contributed by atoms with Crippen LogP contribution in [0.15, 0.2) is 25.3 Å². The molecule has 0 heteroatoms. The van der Waals surface area contributed by atoms with E-state index in [4.69, 9.17) is 0 Å². The summed E-state index contributed by atoms with van der Waals surface area (Å²) in [6.45, 7) is 32.3. The summed E-state index contributed by atoms with van der Waals surface area (Å²) in [7, 11) is 0. The highest BCUT2D eigenvalue weighted by Crippen LogP contribution is 2.31. The Bertz CT molecular complexity index is 477. The van der Waals surface area contributed by atoms with E-state index in [0.717, 1.165) is 0 Å². The van der Waals surface area contributed by atoms with Gasteiger partial charge in [-0.25, -0.2) is 0 Å². The molecule has 0 saturated heterocycles. The molecule has 0 nitrogen and oxygen atoms in total. The molecule has 0 aliphatic carbocycles. The molecule has 0 spiro atoms. The smallest absolute Gasteiger partial charge is 0.0109 e. The van der Waals surface area contributed by atoms with Gasteiger partial charge < -0.3 is 0 Å². The highest BCUT2D eigenvalue weighted by atomic mass is 14.2. The second-order valence-corrected chi connectivity index (χ2v) is 4.31. The van der Waals surface area contributed by atoms with Gasteiger partial charge >= 0.3 is 0 Å². The van der Waals surface area contributed by atoms with Gasteiger partial charge in [0.25, 0.3) is 0 Å². The Balaban J connectivity index is -0.000000266. The summed E-state index contributed by atoms with van der Waals surface area (Å²) >= 11 is 0. The lowest BCUT2D eigenvalue weighted by Crippen LogP contribution is -1.99. The molecular weight excluding hydrogens is 312 g/mol. The second-order valence-electron chi connectivity index (χ2n) is 4.31. The Morgan fingerprint density at radius 1 is 0.500 bits per heavy atom. The predicted octanol–water partition coefficient (Wildman–Crippen LogP) is 9.76. The van der Waals surface area contributed by atoms with Crippen molar-refractivity contribution in [2.24, 2.45) is 0 Å². The number of hydrogen-bond donors (Lipinski definition) is 0. The van der Waals surface area contributed by atoms with Crippen molar-refractivity contribution < 1.29 is 0 Å². The van der Waals surface area contributed by atoms with E-state index in [0.29, 0.717) is 0 Å². The molecule has 0 fully saturated rings. The van der Waals surface area contributed by atoms with Crippen molar-refractivity contribution in [2.75, 3.05) is 0 Å². The van der Waals surface area contributed by atoms with E-state index in [1.165, 1.54) is 33.4 Å². The van der Waals surface area contributed by atoms with Gasteiger partial charge in [-0.15, -0.1) is 0 Å². The topological polar surface area (TPSA) is 0 Å². The van der Waals surface area contributed by atoms with Gasteiger partial charge in [-0.1, -0.05) is 105 Å². The van der Waals surface area contributed by atoms with Gasteiger partial charge in [-0.05, 0) is 61.1 Å². The lowest BCUT2D eigenvalue weighted by Gasteiger charge is -2.17. The van der Waals surface area contributed by atoms with Gasteiger partial charge in [0.15, 0.2) is 0 Å². The van der Waals surface area contributed by atoms with E-state index in [-0.39, 0.29) is 0 Å². The van der Waals surface area contributed by atoms with E-state index in [9.17, 15) is 0 Å². The van der Waals surface area contributed by atoms with Crippen LogP contribution in [0.25, 0.3) is 24.3 Å². The molecule has 0 heterocycles. The van der Waals surface area contributed by atoms with Crippen LogP contribution >= 0.6 is 0 Å². The summed E-state index contributed by atoms with van der Waals surface area (Å²) < 4.78 is 0. The highest BCUT2D eigenvalue weighted by Gasteiger charge is 2.12. The average Bonchev–Trinajstić information content (AvgIpc) is 2.73. The minimum atomic E-state index is 1.17. The van der Waals surface area contributed by atoms with Crippen molar-refractivity contribution in [3.63, 3.8) is 0 Å². The molecule has 0 saturated carbocycles. The first-order valence-electron chi connectivity index (χ1n) is 10.3. The van der Waals surface area contributed by atoms with Crippen molar-refractivity contribution in [2.45, 2.75) is 83.1 Å². The molecule has 0 N–H and O–H groups in total. The SMILES string of the molecule is C=Cc1c(C=C)c(/C=C\C)c(C)c(C)c1/C=C\C.CC.CC.CC.CC. The van der Waals surface area contributed by atoms with Crippen LogP contribution in [0.5, 0.6) is 0 Å². The molecular formula is C26H46. The van der Waals surface area contributed by atoms with Gasteiger partial charge in [0.1, 0.15) is 0 Å². The van der Waals surface area contributed by atoms with Crippen LogP contribution in [0.4, 0.5) is 0 Å². The van der Waals surface area contributed by atoms with E-state index >= 15 is 0 Å². The average molecular weight is 359 g/mol. The van der Waals surface area contributed by atoms with Gasteiger partial charge in [0.2, 0.25) is 0 Å². The summed E-state index contributed by atoms with van der Waals surface area (Å²) in [5.41, 5.74) is 7.43. The highest BCUT2D eigenvalue weighted by molar-refractivity contribution is 5.82. The van der Waals surface area contributed by atoms with Crippen LogP contribution in [-0.2, 0) is 0 Å². The zero-order chi connectivity index (χ0) is 21.7. The quantitative estimate of drug-likeness (QED) is 0.502. The van der Waals surface area contributed by atoms with Crippen molar-refractivity contribution in [1.82, 2.24) is 0 Å². The fourth-order valence-corrected chi connectivity index (χ4v) is 2.30. The van der Waals surface area contributed by atoms with Gasteiger partial charge in [0.05, 0.1) is 0 Å². The molecule has 0 unspecified atom stereocenters. The predicted molar refractivity (Wildman–Crippen MR) is 131 cm³/mol. The number of benzene rings is 1. The van der Waals surface area contributed by atoms with Crippen LogP contribution in [0.3, 0.4) is 0 Å². The third-order valence-electron chi connectivity index (χ3n) is 3.32. The molecule has 0 aliphatic heterocycles. The molecule has 0 aliphatic rings. The third kappa shape index (κ3) is 9.61. The van der Waals surface area contributed by atoms with Gasteiger partial charge in [-0.3, -0.25) is 0 Å². The van der Waals surface area contributed by atoms with Crippen LogP contribution < -0.4 is 0 Å². The minimum Gasteiger partial charge on any atom is -0.0984 e. The number of allylic oxidation sites excluding steroid dienone is 2. The van der Waals surface area contributed by atoms with Crippen molar-refractivity contribution in [3.05, 3.63) is 58.7 Å². The van der Waals surface area contributed by atoms with Crippen molar-refractivity contribution in [3.8, 4) is 0 Å². The normalized spacial score (nSPS) is 8.77. The maximum Gasteiger partial charge on any atom is -0.0109 e. The molecule has 0 aromatic heterocycles. The molecule has 1 aromatic carbocycles. The largest absolute Gasteiger partial charge is 0.0984 e. The maximum absolute atomic E-state index is 3.95. The first-order valence-corrected chi connectivity index (χ1v) is 10.3. The lowest BCUT2D eigenvalue weighted by atomic mass is 9.87. The molecule has 0 amide bonds. The number of hydrogen-bond acceptors (Lipinski definition) is 0. The summed E-state index contributed by atoms with van der Waals surface area (Å²) in [5.74, 6) is 0. The fourth-order valence-electron chi connectivity index (χ4n) is 2.30. The molecule has 26 heavy (non-hydrogen) atoms. The van der Waals surface area contributed by atoms with E-state index < -0.39 is 0 Å². The molecule has 0 atom stereocenters. The van der Waals surface area contributed by atoms with Crippen LogP contribution in [0.2, 0.25) is 0 Å². The van der Waals surface area contributed by atoms with Gasteiger partial charge in [-0.2, -0.15) is 0 Å². The maximum atomic E-state index is 3.95. The number of rotatable bonds is 4. The zero-order valence-electron chi connectivity index (χ0n) is 19.9. The van der Waals surface area contributed by atoms with E-state index in [1.54, 1.807) is 0 Å². The van der Waals surface area contributed by atoms with E-state index in [2.05, 4.69) is 51.3 Å². The summed E-state index contributed by atoms with van der Waals surface area (Å²) in [6.07, 6.45) is 12.3. The van der Waals surface area contributed by atoms with Gasteiger partial charge in [0, 0.05) is 0 Å². The molecule has 0 radical (unpaired) electrons. The molecule has 150 valence electrons. The first-order chi connectivity index (χ1) is 12.6. The van der Waals surface area contributed by atoms with Crippen molar-refractivity contribution in [1.29, 1.82) is 0 Å². The minimum absolute atomic E-state index is 1.17. The van der Waals surface area contributed by atoms with Crippen LogP contribution in [-0.4, -0.2) is 0 Å². The standard InChI is InChI=1S/C18H22.4C2H6/c1-7-11-17-13(5)14(6)18(12-8-2)16(10-4)15(17)9-3;4*1-2/h7-12H,3-4H2,1-2,5-6H3;4*1-2H3/b11-7-,12-8-;;;;. The first kappa shape index (κ1) is 31.9. The molecule has 0 bridgehead atoms. The monoisotopic (exact) mass is 358 g/mol. The summed E-state index contributed by atoms with van der Waals surface area (Å²) in [5, 5.41) is 0. The Hall–Kier alpha value is -1.82. The Morgan fingerprint density at radius 2 is 0.731 bits per heavy atom. The summed E-state index contributed by atoms with van der Waals surface area (Å²) in [4.78, 5) is 0. The van der Waals surface area contributed by atoms with Crippen LogP contribution in [0, 0.1) is 13.8 Å². The molecule has 1 aromatic rings. The molecule has 1 rings (SSSR count). The second kappa shape index (κ2) is 23.2. The van der Waals surface area contributed by atoms with Crippen molar-refractivity contribution >= 4 is 24.3 Å². The summed E-state index contributed by atoms with van der Waals surface area (Å²) in [6, 6.07) is 0. The van der Waals surface area contributed by atoms with E-state index in [1.807, 2.05) is 81.4 Å². The Morgan fingerprint density at radius 3 is 0.885 bits per heavy atom. The lowest BCUT2D eigenvalue weighted by molar-refractivity contribution is 1.29. The zero-order valence-corrected chi connectivity index (χ0v) is 19.9. The fraction of sp³-hybridized carbons (Fsp3) is 0.462. The van der Waals surface area contributed by atoms with Crippen LogP contribution in [0.1, 0.15) is 103 Å². The Kier molecular flexibility index (Phi) is 28.4. The third-order valence-corrected chi connectivity index (χ3v) is 3.32. The Labute approximate surface area is 166 Å².